The number of hydrogen-bond donors (Lipinski definition) is 0. The van der Waals surface area contributed by atoms with Crippen LogP contribution in [0.25, 0.3) is 0 Å². The fraction of sp³-hybridized carbons (Fsp3) is 0.167. The average Bonchev–Trinajstić information content (AvgIpc) is 2.32. The zero-order valence-electron chi connectivity index (χ0n) is 9.36. The van der Waals surface area contributed by atoms with Crippen LogP contribution in [0, 0.1) is 23.3 Å². The number of halogens is 6. The average molecular weight is 275 g/mol. The predicted octanol–water partition coefficient (Wildman–Crippen LogP) is 3.05. The lowest BCUT2D eigenvalue weighted by Crippen LogP contribution is -2.41. The van der Waals surface area contributed by atoms with E-state index < -0.39 is 46.5 Å². The molecular formula is C12H6BF6. The van der Waals surface area contributed by atoms with E-state index in [2.05, 4.69) is 0 Å². The Kier molecular flexibility index (Phi) is 3.47. The van der Waals surface area contributed by atoms with E-state index in [1.807, 2.05) is 0 Å². The molecule has 1 aliphatic carbocycles. The van der Waals surface area contributed by atoms with Gasteiger partial charge in [-0.3, -0.25) is 0 Å². The highest BCUT2D eigenvalue weighted by Crippen LogP contribution is 2.27. The van der Waals surface area contributed by atoms with Gasteiger partial charge in [-0.05, 0) is 11.5 Å². The summed E-state index contributed by atoms with van der Waals surface area (Å²) < 4.78 is 79.5. The molecule has 1 aromatic rings. The molecule has 99 valence electrons. The second kappa shape index (κ2) is 4.79. The summed E-state index contributed by atoms with van der Waals surface area (Å²) in [7, 11) is 0.392. The smallest absolute Gasteiger partial charge is 0.215 e. The summed E-state index contributed by atoms with van der Waals surface area (Å²) in [4.78, 5) is 0. The van der Waals surface area contributed by atoms with Crippen molar-refractivity contribution in [2.45, 2.75) is 12.0 Å². The van der Waals surface area contributed by atoms with Crippen molar-refractivity contribution in [3.8, 4) is 0 Å². The first-order chi connectivity index (χ1) is 8.82. The van der Waals surface area contributed by atoms with Crippen LogP contribution in [0.1, 0.15) is 6.42 Å². The monoisotopic (exact) mass is 275 g/mol. The summed E-state index contributed by atoms with van der Waals surface area (Å²) in [6.45, 7) is 0. The summed E-state index contributed by atoms with van der Waals surface area (Å²) in [5.74, 6) is -7.77. The third-order valence-corrected chi connectivity index (χ3v) is 2.62. The summed E-state index contributed by atoms with van der Waals surface area (Å²) in [5.41, 5.74) is -3.56. The highest BCUT2D eigenvalue weighted by Gasteiger charge is 2.35. The van der Waals surface area contributed by atoms with Crippen molar-refractivity contribution < 1.29 is 26.3 Å². The Morgan fingerprint density at radius 1 is 1.00 bits per heavy atom. The summed E-state index contributed by atoms with van der Waals surface area (Å²) in [6.07, 6.45) is 2.13. The van der Waals surface area contributed by atoms with Crippen LogP contribution in [0.4, 0.5) is 26.3 Å². The van der Waals surface area contributed by atoms with Crippen LogP contribution >= 0.6 is 0 Å². The standard InChI is InChI=1S/C12H6BF6/c14-6-2-1-3-12(19,5-6)13-9-7(15)4-8(16)10(17)11(9)18/h1-4H,5H2. The van der Waals surface area contributed by atoms with Crippen molar-refractivity contribution in [1.29, 1.82) is 0 Å². The van der Waals surface area contributed by atoms with Crippen molar-refractivity contribution in [1.82, 2.24) is 0 Å². The predicted molar refractivity (Wildman–Crippen MR) is 58.4 cm³/mol. The zero-order chi connectivity index (χ0) is 14.2. The van der Waals surface area contributed by atoms with E-state index in [1.165, 1.54) is 0 Å². The fourth-order valence-corrected chi connectivity index (χ4v) is 1.74. The van der Waals surface area contributed by atoms with E-state index >= 15 is 0 Å². The molecule has 1 unspecified atom stereocenters. The van der Waals surface area contributed by atoms with E-state index in [9.17, 15) is 26.3 Å². The van der Waals surface area contributed by atoms with Crippen LogP contribution in [-0.2, 0) is 0 Å². The van der Waals surface area contributed by atoms with Crippen molar-refractivity contribution >= 4 is 12.7 Å². The Bertz CT molecular complexity index is 580. The molecule has 1 aliphatic rings. The molecule has 0 saturated heterocycles. The molecule has 0 bridgehead atoms. The molecule has 1 aromatic carbocycles. The molecule has 0 saturated carbocycles. The fourth-order valence-electron chi connectivity index (χ4n) is 1.74. The van der Waals surface area contributed by atoms with E-state index in [-0.39, 0.29) is 6.07 Å². The van der Waals surface area contributed by atoms with Gasteiger partial charge in [0.05, 0.1) is 0 Å². The van der Waals surface area contributed by atoms with Gasteiger partial charge in [-0.1, -0.05) is 12.2 Å². The molecule has 0 amide bonds. The Morgan fingerprint density at radius 2 is 1.68 bits per heavy atom. The van der Waals surface area contributed by atoms with Crippen molar-refractivity contribution in [3.63, 3.8) is 0 Å². The minimum atomic E-state index is -2.50. The second-order valence-electron chi connectivity index (χ2n) is 4.10. The molecule has 7 heteroatoms. The van der Waals surface area contributed by atoms with Crippen LogP contribution in [0.2, 0.25) is 0 Å². The minimum absolute atomic E-state index is 0.104. The van der Waals surface area contributed by atoms with Crippen molar-refractivity contribution in [2.24, 2.45) is 0 Å². The number of rotatable bonds is 2. The van der Waals surface area contributed by atoms with Crippen molar-refractivity contribution in [2.75, 3.05) is 0 Å². The van der Waals surface area contributed by atoms with E-state index in [1.54, 1.807) is 0 Å². The van der Waals surface area contributed by atoms with Gasteiger partial charge in [0, 0.05) is 12.5 Å². The lowest BCUT2D eigenvalue weighted by Gasteiger charge is -2.22. The van der Waals surface area contributed by atoms with Crippen LogP contribution in [0.15, 0.2) is 30.1 Å². The van der Waals surface area contributed by atoms with Gasteiger partial charge in [-0.25, -0.2) is 26.3 Å². The van der Waals surface area contributed by atoms with Crippen LogP contribution < -0.4 is 5.46 Å². The van der Waals surface area contributed by atoms with Crippen LogP contribution in [0.5, 0.6) is 0 Å². The Balaban J connectivity index is 2.37. The first-order valence-electron chi connectivity index (χ1n) is 5.24. The number of alkyl halides is 1. The summed E-state index contributed by atoms with van der Waals surface area (Å²) in [6, 6.07) is 0.104. The normalized spacial score (nSPS) is 22.3. The maximum atomic E-state index is 14.1. The zero-order valence-corrected chi connectivity index (χ0v) is 9.36. The van der Waals surface area contributed by atoms with Gasteiger partial charge in [-0.2, -0.15) is 0 Å². The van der Waals surface area contributed by atoms with Crippen LogP contribution in [0.3, 0.4) is 0 Å². The quantitative estimate of drug-likeness (QED) is 0.337. The van der Waals surface area contributed by atoms with E-state index in [0.29, 0.717) is 7.28 Å². The Labute approximate surface area is 105 Å². The molecule has 0 N–H and O–H groups in total. The lowest BCUT2D eigenvalue weighted by atomic mass is 9.54. The molecule has 19 heavy (non-hydrogen) atoms. The van der Waals surface area contributed by atoms with Gasteiger partial charge >= 0.3 is 0 Å². The molecule has 0 nitrogen and oxygen atoms in total. The highest BCUT2D eigenvalue weighted by atomic mass is 19.2. The molecule has 0 aromatic heterocycles. The summed E-state index contributed by atoms with van der Waals surface area (Å²) >= 11 is 0. The molecule has 0 heterocycles. The van der Waals surface area contributed by atoms with E-state index in [4.69, 9.17) is 0 Å². The lowest BCUT2D eigenvalue weighted by molar-refractivity contribution is 0.315. The summed E-state index contributed by atoms with van der Waals surface area (Å²) in [5, 5.41) is 0. The number of benzene rings is 1. The second-order valence-corrected chi connectivity index (χ2v) is 4.10. The first-order valence-corrected chi connectivity index (χ1v) is 5.24. The van der Waals surface area contributed by atoms with Crippen molar-refractivity contribution in [3.05, 3.63) is 53.4 Å². The number of hydrogen-bond acceptors (Lipinski definition) is 0. The third-order valence-electron chi connectivity index (χ3n) is 2.62. The third kappa shape index (κ3) is 2.69. The van der Waals surface area contributed by atoms with Gasteiger partial charge in [0.15, 0.2) is 17.5 Å². The Hall–Kier alpha value is -1.66. The van der Waals surface area contributed by atoms with E-state index in [0.717, 1.165) is 18.2 Å². The molecule has 2 rings (SSSR count). The molecule has 0 aliphatic heterocycles. The SMILES string of the molecule is FC1=CC=CC(F)([B]c2c(F)cc(F)c(F)c2F)C1. The minimum Gasteiger partial charge on any atom is -0.249 e. The van der Waals surface area contributed by atoms with Gasteiger partial charge in [-0.15, -0.1) is 0 Å². The topological polar surface area (TPSA) is 0 Å². The van der Waals surface area contributed by atoms with Gasteiger partial charge < -0.3 is 0 Å². The molecule has 0 spiro atoms. The first kappa shape index (κ1) is 13.8. The Morgan fingerprint density at radius 3 is 2.32 bits per heavy atom. The highest BCUT2D eigenvalue weighted by molar-refractivity contribution is 6.57. The maximum Gasteiger partial charge on any atom is 0.215 e. The number of allylic oxidation sites excluding steroid dienone is 4. The molecular weight excluding hydrogens is 269 g/mol. The van der Waals surface area contributed by atoms with Gasteiger partial charge in [0.25, 0.3) is 0 Å². The molecule has 1 atom stereocenters. The van der Waals surface area contributed by atoms with Gasteiger partial charge in [0.2, 0.25) is 7.28 Å². The molecule has 1 radical (unpaired) electrons. The van der Waals surface area contributed by atoms with Gasteiger partial charge in [0.1, 0.15) is 17.2 Å². The largest absolute Gasteiger partial charge is 0.249 e. The maximum absolute atomic E-state index is 14.1. The molecule has 0 fully saturated rings. The van der Waals surface area contributed by atoms with Crippen LogP contribution in [-0.4, -0.2) is 12.8 Å².